The number of aryl methyl sites for hydroxylation is 1. The number of rotatable bonds is 4. The van der Waals surface area contributed by atoms with E-state index in [1.165, 1.54) is 25.2 Å². The zero-order chi connectivity index (χ0) is 17.4. The number of anilines is 1. The number of sulfonamides is 1. The van der Waals surface area contributed by atoms with Gasteiger partial charge in [-0.15, -0.1) is 0 Å². The molecule has 0 fully saturated rings. The normalized spacial score (nSPS) is 11.2. The first-order valence-corrected chi connectivity index (χ1v) is 7.66. The van der Waals surface area contributed by atoms with Gasteiger partial charge in [-0.2, -0.15) is 0 Å². The topological polar surface area (TPSA) is 133 Å². The Balaban J connectivity index is 2.53. The van der Waals surface area contributed by atoms with E-state index in [0.717, 1.165) is 23.9 Å². The van der Waals surface area contributed by atoms with Crippen LogP contribution in [0.15, 0.2) is 44.9 Å². The number of hydrogen-bond acceptors (Lipinski definition) is 6. The van der Waals surface area contributed by atoms with Crippen molar-refractivity contribution in [3.8, 4) is 0 Å². The van der Waals surface area contributed by atoms with E-state index in [9.17, 15) is 28.1 Å². The number of aromatic nitrogens is 2. The van der Waals surface area contributed by atoms with Gasteiger partial charge in [-0.1, -0.05) is 6.07 Å². The third kappa shape index (κ3) is 3.13. The van der Waals surface area contributed by atoms with Crippen LogP contribution in [0.1, 0.15) is 0 Å². The van der Waals surface area contributed by atoms with Crippen LogP contribution in [-0.2, 0) is 24.1 Å². The molecule has 0 unspecified atom stereocenters. The van der Waals surface area contributed by atoms with Crippen molar-refractivity contribution in [2.24, 2.45) is 14.1 Å². The fraction of sp³-hybridized carbons (Fsp3) is 0.167. The zero-order valence-electron chi connectivity index (χ0n) is 12.1. The molecule has 11 heteroatoms. The number of nitro groups is 1. The lowest BCUT2D eigenvalue weighted by Gasteiger charge is -2.09. The van der Waals surface area contributed by atoms with Crippen LogP contribution >= 0.6 is 0 Å². The van der Waals surface area contributed by atoms with Gasteiger partial charge in [0.25, 0.3) is 21.3 Å². The maximum absolute atomic E-state index is 12.3. The minimum atomic E-state index is -4.31. The molecule has 2 rings (SSSR count). The molecule has 122 valence electrons. The number of hydrogen-bond donors (Lipinski definition) is 1. The molecular formula is C12H12N4O6S. The molecule has 0 aliphatic carbocycles. The van der Waals surface area contributed by atoms with Crippen LogP contribution in [0.25, 0.3) is 0 Å². The molecule has 0 atom stereocenters. The van der Waals surface area contributed by atoms with E-state index < -0.39 is 31.1 Å². The summed E-state index contributed by atoms with van der Waals surface area (Å²) >= 11 is 0. The summed E-state index contributed by atoms with van der Waals surface area (Å²) in [5.41, 5.74) is -2.05. The average molecular weight is 340 g/mol. The quantitative estimate of drug-likeness (QED) is 0.605. The van der Waals surface area contributed by atoms with Gasteiger partial charge in [-0.25, -0.2) is 13.2 Å². The number of nitrogens with one attached hydrogen (secondary N) is 1. The summed E-state index contributed by atoms with van der Waals surface area (Å²) in [5, 5.41) is 10.7. The third-order valence-electron chi connectivity index (χ3n) is 3.01. The van der Waals surface area contributed by atoms with Crippen LogP contribution in [0, 0.1) is 10.1 Å². The maximum atomic E-state index is 12.3. The van der Waals surface area contributed by atoms with Gasteiger partial charge in [0.1, 0.15) is 0 Å². The van der Waals surface area contributed by atoms with E-state index in [-0.39, 0.29) is 11.4 Å². The monoisotopic (exact) mass is 340 g/mol. The van der Waals surface area contributed by atoms with Crippen molar-refractivity contribution in [2.75, 3.05) is 4.72 Å². The zero-order valence-corrected chi connectivity index (χ0v) is 12.9. The van der Waals surface area contributed by atoms with E-state index >= 15 is 0 Å². The highest BCUT2D eigenvalue weighted by Crippen LogP contribution is 2.19. The molecule has 0 aliphatic rings. The Labute approximate surface area is 129 Å². The number of nitrogens with zero attached hydrogens (tertiary/aromatic N) is 3. The smallest absolute Gasteiger partial charge is 0.302 e. The Morgan fingerprint density at radius 1 is 1.22 bits per heavy atom. The molecule has 1 N–H and O–H groups in total. The van der Waals surface area contributed by atoms with Crippen molar-refractivity contribution in [3.63, 3.8) is 0 Å². The van der Waals surface area contributed by atoms with Crippen LogP contribution in [0.4, 0.5) is 11.4 Å². The molecule has 0 spiro atoms. The lowest BCUT2D eigenvalue weighted by Crippen LogP contribution is -2.40. The SMILES string of the molecule is Cn1cc(S(=O)(=O)Nc2cccc([N+](=O)[O-])c2)c(=O)n(C)c1=O. The predicted molar refractivity (Wildman–Crippen MR) is 80.8 cm³/mol. The van der Waals surface area contributed by atoms with E-state index in [4.69, 9.17) is 0 Å². The minimum absolute atomic E-state index is 0.0740. The van der Waals surface area contributed by atoms with Gasteiger partial charge < -0.3 is 4.57 Å². The highest BCUT2D eigenvalue weighted by atomic mass is 32.2. The van der Waals surface area contributed by atoms with Crippen LogP contribution in [-0.4, -0.2) is 22.5 Å². The largest absolute Gasteiger partial charge is 0.330 e. The molecule has 0 aliphatic heterocycles. The van der Waals surface area contributed by atoms with Gasteiger partial charge in [0.15, 0.2) is 4.90 Å². The number of non-ortho nitro benzene ring substituents is 1. The molecule has 23 heavy (non-hydrogen) atoms. The van der Waals surface area contributed by atoms with Crippen molar-refractivity contribution in [3.05, 3.63) is 61.4 Å². The third-order valence-corrected chi connectivity index (χ3v) is 4.38. The fourth-order valence-electron chi connectivity index (χ4n) is 1.85. The van der Waals surface area contributed by atoms with Crippen LogP contribution < -0.4 is 16.0 Å². The Bertz CT molecular complexity index is 1000. The summed E-state index contributed by atoms with van der Waals surface area (Å²) in [6, 6.07) is 4.82. The Morgan fingerprint density at radius 2 is 1.87 bits per heavy atom. The van der Waals surface area contributed by atoms with Crippen LogP contribution in [0.3, 0.4) is 0 Å². The van der Waals surface area contributed by atoms with Crippen LogP contribution in [0.2, 0.25) is 0 Å². The van der Waals surface area contributed by atoms with Gasteiger partial charge >= 0.3 is 5.69 Å². The molecule has 0 radical (unpaired) electrons. The fourth-order valence-corrected chi connectivity index (χ4v) is 3.06. The molecule has 0 bridgehead atoms. The Hall–Kier alpha value is -2.95. The van der Waals surface area contributed by atoms with Crippen LogP contribution in [0.5, 0.6) is 0 Å². The van der Waals surface area contributed by atoms with Gasteiger partial charge in [0.05, 0.1) is 10.6 Å². The number of nitro benzene ring substituents is 1. The first-order valence-electron chi connectivity index (χ1n) is 6.17. The summed E-state index contributed by atoms with van der Waals surface area (Å²) < 4.78 is 28.3. The molecule has 1 aromatic heterocycles. The molecular weight excluding hydrogens is 328 g/mol. The second-order valence-electron chi connectivity index (χ2n) is 4.66. The van der Waals surface area contributed by atoms with Gasteiger partial charge in [-0.05, 0) is 6.07 Å². The molecule has 0 saturated heterocycles. The molecule has 1 aromatic carbocycles. The van der Waals surface area contributed by atoms with E-state index in [1.54, 1.807) is 0 Å². The second-order valence-corrected chi connectivity index (χ2v) is 6.31. The Morgan fingerprint density at radius 3 is 2.48 bits per heavy atom. The van der Waals surface area contributed by atoms with Crippen molar-refractivity contribution in [1.29, 1.82) is 0 Å². The number of benzene rings is 1. The first kappa shape index (κ1) is 16.4. The van der Waals surface area contributed by atoms with Gasteiger partial charge in [0.2, 0.25) is 0 Å². The minimum Gasteiger partial charge on any atom is -0.302 e. The molecule has 10 nitrogen and oxygen atoms in total. The van der Waals surface area contributed by atoms with Gasteiger partial charge in [-0.3, -0.25) is 24.2 Å². The molecule has 2 aromatic rings. The Kier molecular flexibility index (Phi) is 4.06. The van der Waals surface area contributed by atoms with Crippen molar-refractivity contribution >= 4 is 21.4 Å². The second kappa shape index (κ2) is 5.68. The van der Waals surface area contributed by atoms with E-state index in [0.29, 0.717) is 4.57 Å². The lowest BCUT2D eigenvalue weighted by atomic mass is 10.3. The summed E-state index contributed by atoms with van der Waals surface area (Å²) in [7, 11) is -1.86. The van der Waals surface area contributed by atoms with Crippen molar-refractivity contribution in [2.45, 2.75) is 4.90 Å². The van der Waals surface area contributed by atoms with E-state index in [1.807, 2.05) is 0 Å². The summed E-state index contributed by atoms with van der Waals surface area (Å²) in [6.07, 6.45) is 0.893. The lowest BCUT2D eigenvalue weighted by molar-refractivity contribution is -0.384. The summed E-state index contributed by atoms with van der Waals surface area (Å²) in [6.45, 7) is 0. The molecule has 0 amide bonds. The first-order chi connectivity index (χ1) is 10.6. The molecule has 1 heterocycles. The summed E-state index contributed by atoms with van der Waals surface area (Å²) in [5.74, 6) is 0. The van der Waals surface area contributed by atoms with Crippen molar-refractivity contribution < 1.29 is 13.3 Å². The van der Waals surface area contributed by atoms with Gasteiger partial charge in [0, 0.05) is 32.4 Å². The highest BCUT2D eigenvalue weighted by molar-refractivity contribution is 7.92. The summed E-state index contributed by atoms with van der Waals surface area (Å²) in [4.78, 5) is 32.9. The van der Waals surface area contributed by atoms with Crippen molar-refractivity contribution in [1.82, 2.24) is 9.13 Å². The predicted octanol–water partition coefficient (Wildman–Crippen LogP) is -0.207. The molecule has 0 saturated carbocycles. The maximum Gasteiger partial charge on any atom is 0.330 e. The van der Waals surface area contributed by atoms with E-state index in [2.05, 4.69) is 4.72 Å². The average Bonchev–Trinajstić information content (AvgIpc) is 2.48. The highest BCUT2D eigenvalue weighted by Gasteiger charge is 2.22. The standard InChI is InChI=1S/C12H12N4O6S/c1-14-7-10(11(17)15(2)12(14)18)23(21,22)13-8-4-3-5-9(6-8)16(19)20/h3-7,13H,1-2H3.